The molecule has 0 radical (unpaired) electrons. The third kappa shape index (κ3) is 1.69. The molecule has 0 bridgehead atoms. The maximum Gasteiger partial charge on any atom is 0.217 e. The van der Waals surface area contributed by atoms with Gasteiger partial charge in [0.25, 0.3) is 0 Å². The van der Waals surface area contributed by atoms with Crippen LogP contribution in [0.5, 0.6) is 0 Å². The standard InChI is InChI=1S/C4H3NO3S/c6-9(7)2-4-1-5-3-8-4/h1-3H. The molecule has 0 fully saturated rings. The van der Waals surface area contributed by atoms with E-state index in [-0.39, 0.29) is 5.76 Å². The third-order valence-electron chi connectivity index (χ3n) is 0.664. The fourth-order valence-electron chi connectivity index (χ4n) is 0.379. The van der Waals surface area contributed by atoms with Crippen molar-refractivity contribution < 1.29 is 12.8 Å². The van der Waals surface area contributed by atoms with Crippen LogP contribution in [-0.4, -0.2) is 18.8 Å². The molecular formula is C4H3NO3S. The van der Waals surface area contributed by atoms with Crippen molar-refractivity contribution in [3.8, 4) is 0 Å². The second-order valence-electron chi connectivity index (χ2n) is 1.28. The van der Waals surface area contributed by atoms with Gasteiger partial charge in [-0.1, -0.05) is 0 Å². The van der Waals surface area contributed by atoms with Gasteiger partial charge in [0.05, 0.1) is 6.20 Å². The van der Waals surface area contributed by atoms with Gasteiger partial charge in [-0.05, 0) is 0 Å². The van der Waals surface area contributed by atoms with Crippen LogP contribution in [0, 0.1) is 0 Å². The lowest BCUT2D eigenvalue weighted by Gasteiger charge is -1.69. The Hall–Kier alpha value is -1.10. The SMILES string of the molecule is O=S(=O)=Cc1cnco1. The molecule has 0 amide bonds. The second kappa shape index (κ2) is 2.45. The van der Waals surface area contributed by atoms with E-state index in [4.69, 9.17) is 0 Å². The first kappa shape index (κ1) is 6.03. The molecule has 48 valence electrons. The fraction of sp³-hybridized carbons (Fsp3) is 0. The average Bonchev–Trinajstić information content (AvgIpc) is 2.15. The Morgan fingerprint density at radius 2 is 2.44 bits per heavy atom. The molecule has 1 aromatic rings. The van der Waals surface area contributed by atoms with Crippen LogP contribution in [0.15, 0.2) is 17.0 Å². The summed E-state index contributed by atoms with van der Waals surface area (Å²) in [6.45, 7) is 0. The van der Waals surface area contributed by atoms with Gasteiger partial charge in [-0.3, -0.25) is 0 Å². The molecule has 0 N–H and O–H groups in total. The van der Waals surface area contributed by atoms with Crippen molar-refractivity contribution in [3.05, 3.63) is 18.4 Å². The molecule has 0 aliphatic heterocycles. The van der Waals surface area contributed by atoms with Gasteiger partial charge < -0.3 is 4.42 Å². The minimum Gasteiger partial charge on any atom is -0.443 e. The zero-order chi connectivity index (χ0) is 6.69. The van der Waals surface area contributed by atoms with E-state index in [9.17, 15) is 8.42 Å². The summed E-state index contributed by atoms with van der Waals surface area (Å²) in [4.78, 5) is 3.50. The summed E-state index contributed by atoms with van der Waals surface area (Å²) in [6, 6.07) is 0. The molecule has 0 aliphatic carbocycles. The van der Waals surface area contributed by atoms with Gasteiger partial charge >= 0.3 is 0 Å². The van der Waals surface area contributed by atoms with Crippen LogP contribution in [0.25, 0.3) is 0 Å². The van der Waals surface area contributed by atoms with Crippen LogP contribution in [0.1, 0.15) is 5.76 Å². The smallest absolute Gasteiger partial charge is 0.217 e. The maximum atomic E-state index is 9.92. The quantitative estimate of drug-likeness (QED) is 0.509. The summed E-state index contributed by atoms with van der Waals surface area (Å²) < 4.78 is 24.4. The Morgan fingerprint density at radius 1 is 1.67 bits per heavy atom. The van der Waals surface area contributed by atoms with E-state index >= 15 is 0 Å². The number of hydrogen-bond donors (Lipinski definition) is 0. The predicted octanol–water partition coefficient (Wildman–Crippen LogP) is -0.296. The first-order valence-corrected chi connectivity index (χ1v) is 3.24. The lowest BCUT2D eigenvalue weighted by atomic mass is 10.6. The predicted molar refractivity (Wildman–Crippen MR) is 30.6 cm³/mol. The zero-order valence-electron chi connectivity index (χ0n) is 4.31. The molecule has 0 unspecified atom stereocenters. The first-order chi connectivity index (χ1) is 4.29. The zero-order valence-corrected chi connectivity index (χ0v) is 5.13. The van der Waals surface area contributed by atoms with Gasteiger partial charge in [-0.25, -0.2) is 4.98 Å². The summed E-state index contributed by atoms with van der Waals surface area (Å²) in [5.74, 6) is 0.239. The van der Waals surface area contributed by atoms with Crippen LogP contribution >= 0.6 is 0 Å². The van der Waals surface area contributed by atoms with Crippen molar-refractivity contribution in [3.63, 3.8) is 0 Å². The highest BCUT2D eigenvalue weighted by Gasteiger charge is 1.87. The highest BCUT2D eigenvalue weighted by Crippen LogP contribution is 1.88. The molecule has 1 aromatic heterocycles. The molecule has 0 saturated heterocycles. The van der Waals surface area contributed by atoms with Crippen LogP contribution in [-0.2, 0) is 10.3 Å². The van der Waals surface area contributed by atoms with Gasteiger partial charge in [0.2, 0.25) is 10.3 Å². The van der Waals surface area contributed by atoms with E-state index < -0.39 is 10.3 Å². The van der Waals surface area contributed by atoms with Crippen molar-refractivity contribution >= 4 is 15.7 Å². The summed E-state index contributed by atoms with van der Waals surface area (Å²) in [5, 5.41) is 0.937. The molecule has 5 heteroatoms. The molecule has 0 spiro atoms. The van der Waals surface area contributed by atoms with E-state index in [1.165, 1.54) is 12.6 Å². The van der Waals surface area contributed by atoms with Crippen LogP contribution in [0.3, 0.4) is 0 Å². The van der Waals surface area contributed by atoms with E-state index in [2.05, 4.69) is 9.40 Å². The lowest BCUT2D eigenvalue weighted by molar-refractivity contribution is 0.552. The fourth-order valence-corrected chi connectivity index (χ4v) is 0.685. The summed E-state index contributed by atoms with van der Waals surface area (Å²) in [5.41, 5.74) is 0. The summed E-state index contributed by atoms with van der Waals surface area (Å²) >= 11 is 0. The van der Waals surface area contributed by atoms with Crippen molar-refractivity contribution in [2.24, 2.45) is 0 Å². The topological polar surface area (TPSA) is 60.2 Å². The van der Waals surface area contributed by atoms with Crippen molar-refractivity contribution in [2.45, 2.75) is 0 Å². The minimum absolute atomic E-state index is 0.239. The molecule has 1 rings (SSSR count). The number of rotatable bonds is 1. The van der Waals surface area contributed by atoms with Crippen LogP contribution in [0.4, 0.5) is 0 Å². The van der Waals surface area contributed by atoms with Gasteiger partial charge in [0, 0.05) is 0 Å². The van der Waals surface area contributed by atoms with Gasteiger partial charge in [0.15, 0.2) is 12.2 Å². The molecule has 0 aromatic carbocycles. The molecule has 1 heterocycles. The Bertz CT molecular complexity index is 289. The van der Waals surface area contributed by atoms with Gasteiger partial charge in [-0.15, -0.1) is 0 Å². The summed E-state index contributed by atoms with van der Waals surface area (Å²) in [7, 11) is -2.20. The Balaban J connectivity index is 3.07. The molecule has 0 saturated carbocycles. The van der Waals surface area contributed by atoms with Crippen LogP contribution in [0.2, 0.25) is 0 Å². The van der Waals surface area contributed by atoms with Crippen LogP contribution < -0.4 is 0 Å². The minimum atomic E-state index is -2.20. The normalized spacial score (nSPS) is 8.89. The lowest BCUT2D eigenvalue weighted by Crippen LogP contribution is -1.73. The van der Waals surface area contributed by atoms with Crippen molar-refractivity contribution in [2.75, 3.05) is 0 Å². The van der Waals surface area contributed by atoms with Gasteiger partial charge in [-0.2, -0.15) is 8.42 Å². The van der Waals surface area contributed by atoms with E-state index in [1.54, 1.807) is 0 Å². The van der Waals surface area contributed by atoms with Crippen molar-refractivity contribution in [1.82, 2.24) is 4.98 Å². The first-order valence-electron chi connectivity index (χ1n) is 2.10. The molecule has 9 heavy (non-hydrogen) atoms. The monoisotopic (exact) mass is 145 g/mol. The largest absolute Gasteiger partial charge is 0.443 e. The second-order valence-corrected chi connectivity index (χ2v) is 2.04. The Labute approximate surface area is 52.7 Å². The Kier molecular flexibility index (Phi) is 1.64. The van der Waals surface area contributed by atoms with Gasteiger partial charge in [0.1, 0.15) is 5.37 Å². The number of hydrogen-bond acceptors (Lipinski definition) is 4. The number of nitrogens with zero attached hydrogens (tertiary/aromatic N) is 1. The number of aromatic nitrogens is 1. The highest BCUT2D eigenvalue weighted by molar-refractivity contribution is 7.71. The summed E-state index contributed by atoms with van der Waals surface area (Å²) in [6.07, 6.45) is 2.48. The van der Waals surface area contributed by atoms with E-state index in [0.717, 1.165) is 5.37 Å². The highest BCUT2D eigenvalue weighted by atomic mass is 32.2. The maximum absolute atomic E-state index is 9.92. The van der Waals surface area contributed by atoms with E-state index in [1.807, 2.05) is 0 Å². The molecule has 0 atom stereocenters. The average molecular weight is 145 g/mol. The number of oxazole rings is 1. The van der Waals surface area contributed by atoms with E-state index in [0.29, 0.717) is 0 Å². The molecule has 0 aliphatic rings. The third-order valence-corrected chi connectivity index (χ3v) is 1.09. The molecule has 4 nitrogen and oxygen atoms in total. The van der Waals surface area contributed by atoms with Crippen molar-refractivity contribution in [1.29, 1.82) is 0 Å². The molecular weight excluding hydrogens is 142 g/mol. The Morgan fingerprint density at radius 3 is 2.89 bits per heavy atom.